The monoisotopic (exact) mass is 466 g/mol. The number of carbonyl (C=O) groups is 2. The molecule has 5 nitrogen and oxygen atoms in total. The Kier molecular flexibility index (Phi) is 4.67. The number of imide groups is 1. The van der Waals surface area contributed by atoms with Crippen molar-refractivity contribution in [2.24, 2.45) is 40.6 Å². The number of hydrogen-bond donors (Lipinski definition) is 0. The minimum absolute atomic E-state index is 0.161. The van der Waals surface area contributed by atoms with Gasteiger partial charge in [-0.3, -0.25) is 9.59 Å². The lowest BCUT2D eigenvalue weighted by atomic mass is 9.63. The van der Waals surface area contributed by atoms with Crippen LogP contribution in [-0.2, 0) is 16.2 Å². The van der Waals surface area contributed by atoms with Gasteiger partial charge >= 0.3 is 0 Å². The SMILES string of the molecule is O=C1[C@@H]2[C@H]3C=C[C@@H]([C@@H]4C[C@H]34)[C@@H]2C(=O)N1/N=C\c1cccc(OCc2ccc(Cl)cc2Cl)c1. The molecule has 0 spiro atoms. The number of carbonyl (C=O) groups excluding carboxylic acids is 2. The second kappa shape index (κ2) is 7.46. The molecule has 7 rings (SSSR count). The van der Waals surface area contributed by atoms with Gasteiger partial charge in [0, 0.05) is 15.6 Å². The molecule has 1 heterocycles. The highest BCUT2D eigenvalue weighted by Gasteiger charge is 2.67. The fourth-order valence-corrected chi connectivity index (χ4v) is 6.13. The maximum absolute atomic E-state index is 13.0. The van der Waals surface area contributed by atoms with E-state index in [-0.39, 0.29) is 35.5 Å². The summed E-state index contributed by atoms with van der Waals surface area (Å²) < 4.78 is 5.85. The Balaban J connectivity index is 1.16. The Morgan fingerprint density at radius 3 is 2.41 bits per heavy atom. The number of allylic oxidation sites excluding steroid dienone is 2. The van der Waals surface area contributed by atoms with Gasteiger partial charge in [-0.05, 0) is 59.9 Å². The molecule has 2 bridgehead atoms. The third kappa shape index (κ3) is 3.18. The highest BCUT2D eigenvalue weighted by molar-refractivity contribution is 6.35. The van der Waals surface area contributed by atoms with Crippen molar-refractivity contribution in [3.8, 4) is 5.75 Å². The van der Waals surface area contributed by atoms with E-state index in [9.17, 15) is 9.59 Å². The first-order valence-electron chi connectivity index (χ1n) is 10.8. The molecule has 162 valence electrons. The lowest BCUT2D eigenvalue weighted by Gasteiger charge is -2.37. The van der Waals surface area contributed by atoms with Crippen LogP contribution in [-0.4, -0.2) is 23.0 Å². The molecule has 2 saturated carbocycles. The number of nitrogens with zero attached hydrogens (tertiary/aromatic N) is 2. The van der Waals surface area contributed by atoms with Crippen LogP contribution in [0.15, 0.2) is 59.7 Å². The number of halogens is 2. The predicted molar refractivity (Wildman–Crippen MR) is 121 cm³/mol. The van der Waals surface area contributed by atoms with Crippen molar-refractivity contribution in [2.75, 3.05) is 0 Å². The second-order valence-corrected chi connectivity index (χ2v) is 9.83. The summed E-state index contributed by atoms with van der Waals surface area (Å²) in [7, 11) is 0. The Labute approximate surface area is 195 Å². The van der Waals surface area contributed by atoms with Crippen LogP contribution < -0.4 is 4.74 Å². The van der Waals surface area contributed by atoms with E-state index in [0.717, 1.165) is 22.6 Å². The average Bonchev–Trinajstić information content (AvgIpc) is 3.57. The van der Waals surface area contributed by atoms with Crippen molar-refractivity contribution in [1.82, 2.24) is 5.01 Å². The number of ether oxygens (including phenoxy) is 1. The molecular formula is C25H20Cl2N2O3. The molecular weight excluding hydrogens is 447 g/mol. The molecule has 7 heteroatoms. The summed E-state index contributed by atoms with van der Waals surface area (Å²) in [5.41, 5.74) is 1.57. The topological polar surface area (TPSA) is 59.0 Å². The quantitative estimate of drug-likeness (QED) is 0.355. The van der Waals surface area contributed by atoms with E-state index in [0.29, 0.717) is 34.2 Å². The molecule has 0 radical (unpaired) electrons. The summed E-state index contributed by atoms with van der Waals surface area (Å²) >= 11 is 12.1. The Bertz CT molecular complexity index is 1160. The maximum atomic E-state index is 13.0. The molecule has 6 atom stereocenters. The van der Waals surface area contributed by atoms with Gasteiger partial charge in [0.2, 0.25) is 0 Å². The van der Waals surface area contributed by atoms with Gasteiger partial charge in [-0.15, -0.1) is 0 Å². The molecule has 3 fully saturated rings. The molecule has 0 aromatic heterocycles. The summed E-state index contributed by atoms with van der Waals surface area (Å²) in [4.78, 5) is 26.0. The largest absolute Gasteiger partial charge is 0.489 e. The number of rotatable bonds is 5. The van der Waals surface area contributed by atoms with Gasteiger partial charge in [0.05, 0.1) is 18.1 Å². The smallest absolute Gasteiger partial charge is 0.254 e. The Hall–Kier alpha value is -2.63. The van der Waals surface area contributed by atoms with Crippen LogP contribution >= 0.6 is 23.2 Å². The van der Waals surface area contributed by atoms with Gasteiger partial charge in [0.25, 0.3) is 11.8 Å². The van der Waals surface area contributed by atoms with Gasteiger partial charge in [-0.1, -0.05) is 53.6 Å². The zero-order valence-electron chi connectivity index (χ0n) is 17.0. The Morgan fingerprint density at radius 1 is 1.00 bits per heavy atom. The van der Waals surface area contributed by atoms with E-state index in [1.54, 1.807) is 18.3 Å². The van der Waals surface area contributed by atoms with E-state index in [2.05, 4.69) is 17.3 Å². The van der Waals surface area contributed by atoms with E-state index < -0.39 is 0 Å². The van der Waals surface area contributed by atoms with Gasteiger partial charge < -0.3 is 4.74 Å². The van der Waals surface area contributed by atoms with E-state index in [1.807, 2.05) is 30.3 Å². The summed E-state index contributed by atoms with van der Waals surface area (Å²) in [6.07, 6.45) is 7.01. The van der Waals surface area contributed by atoms with E-state index >= 15 is 0 Å². The standard InChI is InChI=1S/C25H20Cl2N2O3/c26-15-5-4-14(21(27)9-15)12-32-16-3-1-2-13(8-16)11-28-29-24(30)22-17-6-7-18(20-10-19(17)20)23(22)25(29)31/h1-9,11,17-20,22-23H,10,12H2/b28-11-/t17-,18-,19-,20+,22-,23+/m0/s1. The van der Waals surface area contributed by atoms with Gasteiger partial charge in [-0.2, -0.15) is 10.1 Å². The van der Waals surface area contributed by atoms with Crippen molar-refractivity contribution in [2.45, 2.75) is 13.0 Å². The van der Waals surface area contributed by atoms with Crippen molar-refractivity contribution < 1.29 is 14.3 Å². The van der Waals surface area contributed by atoms with Crippen LogP contribution in [0.5, 0.6) is 5.75 Å². The fourth-order valence-electron chi connectivity index (χ4n) is 5.66. The minimum atomic E-state index is -0.239. The van der Waals surface area contributed by atoms with Gasteiger partial charge in [0.15, 0.2) is 0 Å². The van der Waals surface area contributed by atoms with Gasteiger partial charge in [-0.25, -0.2) is 0 Å². The zero-order chi connectivity index (χ0) is 22.0. The van der Waals surface area contributed by atoms with Crippen molar-refractivity contribution in [3.05, 3.63) is 75.8 Å². The van der Waals surface area contributed by atoms with Crippen molar-refractivity contribution in [3.63, 3.8) is 0 Å². The second-order valence-electron chi connectivity index (χ2n) is 8.98. The minimum Gasteiger partial charge on any atom is -0.489 e. The molecule has 2 aromatic rings. The summed E-state index contributed by atoms with van der Waals surface area (Å²) in [6.45, 7) is 0.293. The molecule has 2 aromatic carbocycles. The molecule has 4 aliphatic carbocycles. The van der Waals surface area contributed by atoms with Crippen LogP contribution in [0.1, 0.15) is 17.5 Å². The maximum Gasteiger partial charge on any atom is 0.254 e. The number of amides is 2. The normalized spacial score (nSPS) is 31.9. The van der Waals surface area contributed by atoms with Gasteiger partial charge in [0.1, 0.15) is 12.4 Å². The molecule has 32 heavy (non-hydrogen) atoms. The van der Waals surface area contributed by atoms with Crippen LogP contribution in [0, 0.1) is 35.5 Å². The number of hydrazone groups is 1. The third-order valence-electron chi connectivity index (χ3n) is 7.23. The molecule has 1 saturated heterocycles. The molecule has 2 amide bonds. The van der Waals surface area contributed by atoms with E-state index in [1.165, 1.54) is 0 Å². The molecule has 5 aliphatic rings. The van der Waals surface area contributed by atoms with Crippen LogP contribution in [0.3, 0.4) is 0 Å². The summed E-state index contributed by atoms with van der Waals surface area (Å²) in [5.74, 6) is 1.39. The lowest BCUT2D eigenvalue weighted by Crippen LogP contribution is -2.40. The summed E-state index contributed by atoms with van der Waals surface area (Å²) in [6, 6.07) is 12.6. The number of hydrogen-bond acceptors (Lipinski definition) is 4. The van der Waals surface area contributed by atoms with Crippen LogP contribution in [0.2, 0.25) is 10.0 Å². The first-order valence-corrected chi connectivity index (χ1v) is 11.5. The molecule has 0 unspecified atom stereocenters. The highest BCUT2D eigenvalue weighted by Crippen LogP contribution is 2.65. The summed E-state index contributed by atoms with van der Waals surface area (Å²) in [5, 5.41) is 6.50. The zero-order valence-corrected chi connectivity index (χ0v) is 18.5. The third-order valence-corrected chi connectivity index (χ3v) is 7.82. The lowest BCUT2D eigenvalue weighted by molar-refractivity contribution is -0.140. The van der Waals surface area contributed by atoms with Crippen LogP contribution in [0.25, 0.3) is 0 Å². The molecule has 1 aliphatic heterocycles. The fraction of sp³-hybridized carbons (Fsp3) is 0.320. The van der Waals surface area contributed by atoms with E-state index in [4.69, 9.17) is 27.9 Å². The van der Waals surface area contributed by atoms with Crippen molar-refractivity contribution >= 4 is 41.2 Å². The first kappa shape index (κ1) is 20.0. The molecule has 0 N–H and O–H groups in total. The number of benzene rings is 2. The first-order chi connectivity index (χ1) is 15.5. The average molecular weight is 467 g/mol. The van der Waals surface area contributed by atoms with Crippen molar-refractivity contribution in [1.29, 1.82) is 0 Å². The Morgan fingerprint density at radius 2 is 1.72 bits per heavy atom. The predicted octanol–water partition coefficient (Wildman–Crippen LogP) is 4.96. The highest BCUT2D eigenvalue weighted by atomic mass is 35.5. The van der Waals surface area contributed by atoms with Crippen LogP contribution in [0.4, 0.5) is 0 Å².